The predicted molar refractivity (Wildman–Crippen MR) is 92.1 cm³/mol. The van der Waals surface area contributed by atoms with Crippen molar-refractivity contribution in [1.82, 2.24) is 5.32 Å². The molecule has 0 saturated carbocycles. The highest BCUT2D eigenvalue weighted by molar-refractivity contribution is 6.30. The number of ether oxygens (including phenoxy) is 1. The van der Waals surface area contributed by atoms with Crippen LogP contribution in [-0.2, 0) is 11.2 Å². The van der Waals surface area contributed by atoms with Crippen LogP contribution in [0, 0.1) is 11.8 Å². The van der Waals surface area contributed by atoms with Crippen molar-refractivity contribution in [3.8, 4) is 0 Å². The lowest BCUT2D eigenvalue weighted by Gasteiger charge is -2.19. The Labute approximate surface area is 135 Å². The van der Waals surface area contributed by atoms with Crippen molar-refractivity contribution < 1.29 is 4.74 Å². The molecule has 0 fully saturated rings. The largest absolute Gasteiger partial charge is 0.381 e. The topological polar surface area (TPSA) is 21.3 Å². The van der Waals surface area contributed by atoms with E-state index in [1.165, 1.54) is 5.56 Å². The third-order valence-corrected chi connectivity index (χ3v) is 3.69. The Kier molecular flexibility index (Phi) is 9.73. The molecule has 120 valence electrons. The maximum absolute atomic E-state index is 5.95. The van der Waals surface area contributed by atoms with E-state index in [9.17, 15) is 0 Å². The Hall–Kier alpha value is -0.570. The zero-order chi connectivity index (χ0) is 15.5. The molecule has 0 heterocycles. The molecule has 0 aliphatic carbocycles. The van der Waals surface area contributed by atoms with Gasteiger partial charge in [-0.05, 0) is 61.9 Å². The molecule has 0 aliphatic heterocycles. The highest BCUT2D eigenvalue weighted by Gasteiger charge is 2.10. The van der Waals surface area contributed by atoms with E-state index in [4.69, 9.17) is 16.3 Å². The minimum absolute atomic E-state index is 0.613. The zero-order valence-corrected chi connectivity index (χ0v) is 14.5. The van der Waals surface area contributed by atoms with Crippen molar-refractivity contribution >= 4 is 11.6 Å². The summed E-state index contributed by atoms with van der Waals surface area (Å²) >= 11 is 5.95. The summed E-state index contributed by atoms with van der Waals surface area (Å²) in [6.45, 7) is 10.5. The summed E-state index contributed by atoms with van der Waals surface area (Å²) in [6.07, 6.45) is 3.28. The Morgan fingerprint density at radius 1 is 1.10 bits per heavy atom. The van der Waals surface area contributed by atoms with Gasteiger partial charge in [-0.3, -0.25) is 0 Å². The highest BCUT2D eigenvalue weighted by atomic mass is 35.5. The predicted octanol–water partition coefficient (Wildman–Crippen LogP) is 4.56. The van der Waals surface area contributed by atoms with Crippen LogP contribution in [0.4, 0.5) is 0 Å². The summed E-state index contributed by atoms with van der Waals surface area (Å²) in [5.41, 5.74) is 1.35. The standard InChI is InChI=1S/C18H30ClNO/c1-4-10-21-11-9-17(14-20-13-15(2)3)12-16-5-7-18(19)8-6-16/h5-8,15,17,20H,4,9-14H2,1-3H3. The molecule has 2 nitrogen and oxygen atoms in total. The second-order valence-corrected chi connectivity index (χ2v) is 6.59. The maximum Gasteiger partial charge on any atom is 0.0469 e. The van der Waals surface area contributed by atoms with Crippen LogP contribution in [0.2, 0.25) is 5.02 Å². The number of nitrogens with one attached hydrogen (secondary N) is 1. The Bertz CT molecular complexity index is 364. The van der Waals surface area contributed by atoms with Gasteiger partial charge >= 0.3 is 0 Å². The van der Waals surface area contributed by atoms with Crippen LogP contribution in [0.5, 0.6) is 0 Å². The summed E-state index contributed by atoms with van der Waals surface area (Å²) in [4.78, 5) is 0. The number of hydrogen-bond donors (Lipinski definition) is 1. The van der Waals surface area contributed by atoms with Crippen molar-refractivity contribution in [1.29, 1.82) is 0 Å². The first-order chi connectivity index (χ1) is 10.1. The summed E-state index contributed by atoms with van der Waals surface area (Å²) in [5.74, 6) is 1.30. The Morgan fingerprint density at radius 2 is 1.81 bits per heavy atom. The average Bonchev–Trinajstić information content (AvgIpc) is 2.45. The smallest absolute Gasteiger partial charge is 0.0469 e. The normalized spacial score (nSPS) is 12.8. The minimum Gasteiger partial charge on any atom is -0.381 e. The van der Waals surface area contributed by atoms with Crippen LogP contribution in [0.1, 0.15) is 39.2 Å². The third-order valence-electron chi connectivity index (χ3n) is 3.44. The van der Waals surface area contributed by atoms with Crippen LogP contribution < -0.4 is 5.32 Å². The summed E-state index contributed by atoms with van der Waals surface area (Å²) in [7, 11) is 0. The number of benzene rings is 1. The molecule has 1 aromatic carbocycles. The van der Waals surface area contributed by atoms with E-state index in [0.29, 0.717) is 11.8 Å². The van der Waals surface area contributed by atoms with E-state index in [2.05, 4.69) is 38.2 Å². The van der Waals surface area contributed by atoms with Gasteiger partial charge in [-0.2, -0.15) is 0 Å². The molecule has 0 aliphatic rings. The number of hydrogen-bond acceptors (Lipinski definition) is 2. The number of rotatable bonds is 11. The second-order valence-electron chi connectivity index (χ2n) is 6.15. The van der Waals surface area contributed by atoms with Crippen molar-refractivity contribution in [3.63, 3.8) is 0 Å². The van der Waals surface area contributed by atoms with E-state index in [1.54, 1.807) is 0 Å². The highest BCUT2D eigenvalue weighted by Crippen LogP contribution is 2.15. The van der Waals surface area contributed by atoms with E-state index in [1.807, 2.05) is 12.1 Å². The Balaban J connectivity index is 2.43. The summed E-state index contributed by atoms with van der Waals surface area (Å²) in [5, 5.41) is 4.38. The van der Waals surface area contributed by atoms with Gasteiger partial charge in [0.25, 0.3) is 0 Å². The van der Waals surface area contributed by atoms with Crippen molar-refractivity contribution in [3.05, 3.63) is 34.9 Å². The van der Waals surface area contributed by atoms with Crippen LogP contribution in [0.3, 0.4) is 0 Å². The van der Waals surface area contributed by atoms with E-state index >= 15 is 0 Å². The van der Waals surface area contributed by atoms with Crippen LogP contribution in [-0.4, -0.2) is 26.3 Å². The van der Waals surface area contributed by atoms with Crippen molar-refractivity contribution in [2.45, 2.75) is 40.0 Å². The molecule has 3 heteroatoms. The fraction of sp³-hybridized carbons (Fsp3) is 0.667. The number of halogens is 1. The lowest BCUT2D eigenvalue weighted by molar-refractivity contribution is 0.120. The minimum atomic E-state index is 0.613. The molecule has 1 atom stereocenters. The summed E-state index contributed by atoms with van der Waals surface area (Å²) < 4.78 is 5.65. The molecular formula is C18H30ClNO. The SMILES string of the molecule is CCCOCCC(CNCC(C)C)Cc1ccc(Cl)cc1. The monoisotopic (exact) mass is 311 g/mol. The first-order valence-electron chi connectivity index (χ1n) is 8.14. The molecule has 1 N–H and O–H groups in total. The lowest BCUT2D eigenvalue weighted by atomic mass is 9.96. The van der Waals surface area contributed by atoms with Gasteiger partial charge in [-0.1, -0.05) is 44.5 Å². The van der Waals surface area contributed by atoms with Gasteiger partial charge in [0.05, 0.1) is 0 Å². The molecule has 1 unspecified atom stereocenters. The van der Waals surface area contributed by atoms with Gasteiger partial charge < -0.3 is 10.1 Å². The quantitative estimate of drug-likeness (QED) is 0.605. The van der Waals surface area contributed by atoms with E-state index < -0.39 is 0 Å². The fourth-order valence-corrected chi connectivity index (χ4v) is 2.43. The molecule has 0 radical (unpaired) electrons. The van der Waals surface area contributed by atoms with Gasteiger partial charge in [0.15, 0.2) is 0 Å². The Morgan fingerprint density at radius 3 is 2.43 bits per heavy atom. The van der Waals surface area contributed by atoms with Gasteiger partial charge in [-0.25, -0.2) is 0 Å². The first-order valence-corrected chi connectivity index (χ1v) is 8.52. The van der Waals surface area contributed by atoms with E-state index in [0.717, 1.165) is 50.6 Å². The maximum atomic E-state index is 5.95. The van der Waals surface area contributed by atoms with Crippen molar-refractivity contribution in [2.75, 3.05) is 26.3 Å². The molecule has 0 aromatic heterocycles. The molecule has 1 aromatic rings. The van der Waals surface area contributed by atoms with Gasteiger partial charge in [0, 0.05) is 18.2 Å². The molecule has 0 amide bonds. The second kappa shape index (κ2) is 11.1. The van der Waals surface area contributed by atoms with Gasteiger partial charge in [0.2, 0.25) is 0 Å². The lowest BCUT2D eigenvalue weighted by Crippen LogP contribution is -2.28. The zero-order valence-electron chi connectivity index (χ0n) is 13.7. The molecular weight excluding hydrogens is 282 g/mol. The van der Waals surface area contributed by atoms with Gasteiger partial charge in [-0.15, -0.1) is 0 Å². The van der Waals surface area contributed by atoms with Crippen molar-refractivity contribution in [2.24, 2.45) is 11.8 Å². The van der Waals surface area contributed by atoms with Crippen LogP contribution in [0.15, 0.2) is 24.3 Å². The average molecular weight is 312 g/mol. The van der Waals surface area contributed by atoms with Crippen LogP contribution >= 0.6 is 11.6 Å². The molecule has 0 bridgehead atoms. The van der Waals surface area contributed by atoms with E-state index in [-0.39, 0.29) is 0 Å². The van der Waals surface area contributed by atoms with Crippen LogP contribution in [0.25, 0.3) is 0 Å². The molecule has 0 spiro atoms. The first kappa shape index (κ1) is 18.5. The van der Waals surface area contributed by atoms with Gasteiger partial charge in [0.1, 0.15) is 0 Å². The third kappa shape index (κ3) is 9.13. The molecule has 1 rings (SSSR count). The summed E-state index contributed by atoms with van der Waals surface area (Å²) in [6, 6.07) is 8.21. The fourth-order valence-electron chi connectivity index (χ4n) is 2.30. The molecule has 21 heavy (non-hydrogen) atoms. The molecule has 0 saturated heterocycles.